The number of rotatable bonds is 5. The third-order valence-electron chi connectivity index (χ3n) is 2.68. The van der Waals surface area contributed by atoms with E-state index in [0.717, 1.165) is 33.8 Å². The molecule has 2 aromatic rings. The van der Waals surface area contributed by atoms with Gasteiger partial charge in [0.1, 0.15) is 11.6 Å². The zero-order chi connectivity index (χ0) is 14.5. The number of anilines is 3. The Morgan fingerprint density at radius 3 is 2.80 bits per heavy atom. The molecular formula is C14H17BrN4O. The van der Waals surface area contributed by atoms with Crippen molar-refractivity contribution >= 4 is 33.4 Å². The van der Waals surface area contributed by atoms with Crippen LogP contribution in [0.3, 0.4) is 0 Å². The van der Waals surface area contributed by atoms with Crippen LogP contribution in [0.25, 0.3) is 0 Å². The Labute approximate surface area is 126 Å². The van der Waals surface area contributed by atoms with Crippen LogP contribution >= 0.6 is 15.9 Å². The smallest absolute Gasteiger partial charge is 0.224 e. The molecule has 0 aliphatic carbocycles. The lowest BCUT2D eigenvalue weighted by molar-refractivity contribution is 0.415. The van der Waals surface area contributed by atoms with Gasteiger partial charge in [0, 0.05) is 34.5 Å². The van der Waals surface area contributed by atoms with Crippen molar-refractivity contribution in [3.8, 4) is 5.75 Å². The van der Waals surface area contributed by atoms with E-state index in [-0.39, 0.29) is 0 Å². The van der Waals surface area contributed by atoms with E-state index in [4.69, 9.17) is 4.74 Å². The number of ether oxygens (including phenoxy) is 1. The maximum absolute atomic E-state index is 5.25. The van der Waals surface area contributed by atoms with Crippen molar-refractivity contribution < 1.29 is 4.74 Å². The van der Waals surface area contributed by atoms with E-state index >= 15 is 0 Å². The zero-order valence-corrected chi connectivity index (χ0v) is 13.3. The van der Waals surface area contributed by atoms with E-state index < -0.39 is 0 Å². The molecular weight excluding hydrogens is 320 g/mol. The van der Waals surface area contributed by atoms with Crippen LogP contribution in [0.5, 0.6) is 5.75 Å². The summed E-state index contributed by atoms with van der Waals surface area (Å²) in [5.74, 6) is 2.17. The first-order valence-electron chi connectivity index (χ1n) is 6.31. The predicted molar refractivity (Wildman–Crippen MR) is 84.9 cm³/mol. The van der Waals surface area contributed by atoms with Gasteiger partial charge in [0.25, 0.3) is 0 Å². The van der Waals surface area contributed by atoms with Crippen LogP contribution in [0, 0.1) is 6.92 Å². The van der Waals surface area contributed by atoms with Crippen LogP contribution < -0.4 is 15.4 Å². The SMILES string of the molecule is CCNc1ncc(C)c(Nc2cc(Br)cc(OC)c2)n1. The number of nitrogens with zero attached hydrogens (tertiary/aromatic N) is 2. The molecule has 0 bridgehead atoms. The zero-order valence-electron chi connectivity index (χ0n) is 11.7. The fraction of sp³-hybridized carbons (Fsp3) is 0.286. The number of aromatic nitrogens is 2. The molecule has 0 amide bonds. The van der Waals surface area contributed by atoms with E-state index in [1.54, 1.807) is 13.3 Å². The molecule has 0 radical (unpaired) electrons. The summed E-state index contributed by atoms with van der Waals surface area (Å²) >= 11 is 3.46. The topological polar surface area (TPSA) is 59.1 Å². The maximum Gasteiger partial charge on any atom is 0.224 e. The molecule has 0 aliphatic heterocycles. The summed E-state index contributed by atoms with van der Waals surface area (Å²) in [4.78, 5) is 8.68. The summed E-state index contributed by atoms with van der Waals surface area (Å²) in [5.41, 5.74) is 1.88. The Bertz CT molecular complexity index is 604. The summed E-state index contributed by atoms with van der Waals surface area (Å²) in [6.45, 7) is 4.76. The van der Waals surface area contributed by atoms with E-state index in [0.29, 0.717) is 5.95 Å². The van der Waals surface area contributed by atoms with Gasteiger partial charge in [0.05, 0.1) is 7.11 Å². The van der Waals surface area contributed by atoms with Crippen LogP contribution in [-0.2, 0) is 0 Å². The van der Waals surface area contributed by atoms with Crippen molar-refractivity contribution in [2.45, 2.75) is 13.8 Å². The second-order valence-corrected chi connectivity index (χ2v) is 5.18. The summed E-state index contributed by atoms with van der Waals surface area (Å²) in [6, 6.07) is 5.79. The number of hydrogen-bond acceptors (Lipinski definition) is 5. The Balaban J connectivity index is 2.29. The molecule has 1 aromatic heterocycles. The number of benzene rings is 1. The van der Waals surface area contributed by atoms with Crippen LogP contribution in [0.1, 0.15) is 12.5 Å². The molecule has 2 rings (SSSR count). The van der Waals surface area contributed by atoms with Crippen molar-refractivity contribution in [2.24, 2.45) is 0 Å². The van der Waals surface area contributed by atoms with E-state index in [1.165, 1.54) is 0 Å². The minimum Gasteiger partial charge on any atom is -0.497 e. The summed E-state index contributed by atoms with van der Waals surface area (Å²) in [5, 5.41) is 6.38. The first-order chi connectivity index (χ1) is 9.62. The molecule has 0 spiro atoms. The lowest BCUT2D eigenvalue weighted by Gasteiger charge is -2.11. The summed E-state index contributed by atoms with van der Waals surface area (Å²) in [7, 11) is 1.64. The normalized spacial score (nSPS) is 10.2. The molecule has 0 saturated carbocycles. The third kappa shape index (κ3) is 3.60. The molecule has 1 aromatic carbocycles. The number of methoxy groups -OCH3 is 1. The summed E-state index contributed by atoms with van der Waals surface area (Å²) in [6.07, 6.45) is 1.79. The first-order valence-corrected chi connectivity index (χ1v) is 7.10. The van der Waals surface area contributed by atoms with E-state index in [2.05, 4.69) is 36.5 Å². The van der Waals surface area contributed by atoms with Crippen LogP contribution in [0.4, 0.5) is 17.5 Å². The monoisotopic (exact) mass is 336 g/mol. The van der Waals surface area contributed by atoms with Gasteiger partial charge in [-0.3, -0.25) is 0 Å². The van der Waals surface area contributed by atoms with Gasteiger partial charge < -0.3 is 15.4 Å². The Hall–Kier alpha value is -1.82. The van der Waals surface area contributed by atoms with Crippen LogP contribution in [0.15, 0.2) is 28.9 Å². The summed E-state index contributed by atoms with van der Waals surface area (Å²) < 4.78 is 6.19. The van der Waals surface area contributed by atoms with E-state index in [9.17, 15) is 0 Å². The largest absolute Gasteiger partial charge is 0.497 e. The molecule has 6 heteroatoms. The van der Waals surface area contributed by atoms with Gasteiger partial charge in [0.2, 0.25) is 5.95 Å². The maximum atomic E-state index is 5.25. The first kappa shape index (κ1) is 14.6. The Kier molecular flexibility index (Phi) is 4.79. The lowest BCUT2D eigenvalue weighted by atomic mass is 10.3. The van der Waals surface area contributed by atoms with Gasteiger partial charge in [-0.15, -0.1) is 0 Å². The lowest BCUT2D eigenvalue weighted by Crippen LogP contribution is -2.05. The minimum absolute atomic E-state index is 0.613. The van der Waals surface area contributed by atoms with Gasteiger partial charge in [-0.2, -0.15) is 4.98 Å². The van der Waals surface area contributed by atoms with Crippen molar-refractivity contribution in [3.63, 3.8) is 0 Å². The average Bonchev–Trinajstić information content (AvgIpc) is 2.42. The predicted octanol–water partition coefficient (Wildman–Crippen LogP) is 3.73. The fourth-order valence-corrected chi connectivity index (χ4v) is 2.17. The van der Waals surface area contributed by atoms with Crippen LogP contribution in [0.2, 0.25) is 0 Å². The highest BCUT2D eigenvalue weighted by atomic mass is 79.9. The molecule has 0 saturated heterocycles. The number of hydrogen-bond donors (Lipinski definition) is 2. The highest BCUT2D eigenvalue weighted by molar-refractivity contribution is 9.10. The van der Waals surface area contributed by atoms with Crippen molar-refractivity contribution in [2.75, 3.05) is 24.3 Å². The van der Waals surface area contributed by atoms with Gasteiger partial charge in [-0.05, 0) is 26.0 Å². The molecule has 0 unspecified atom stereocenters. The highest BCUT2D eigenvalue weighted by Crippen LogP contribution is 2.27. The van der Waals surface area contributed by atoms with Crippen LogP contribution in [-0.4, -0.2) is 23.6 Å². The molecule has 5 nitrogen and oxygen atoms in total. The second kappa shape index (κ2) is 6.56. The van der Waals surface area contributed by atoms with Crippen molar-refractivity contribution in [1.29, 1.82) is 0 Å². The molecule has 1 heterocycles. The van der Waals surface area contributed by atoms with Crippen molar-refractivity contribution in [1.82, 2.24) is 9.97 Å². The molecule has 2 N–H and O–H groups in total. The molecule has 106 valence electrons. The van der Waals surface area contributed by atoms with Gasteiger partial charge in [-0.25, -0.2) is 4.98 Å². The standard InChI is InChI=1S/C14H17BrN4O/c1-4-16-14-17-8-9(2)13(19-14)18-11-5-10(15)6-12(7-11)20-3/h5-8H,4H2,1-3H3,(H2,16,17,18,19). The van der Waals surface area contributed by atoms with E-state index in [1.807, 2.05) is 32.0 Å². The number of aryl methyl sites for hydroxylation is 1. The van der Waals surface area contributed by atoms with Gasteiger partial charge in [0.15, 0.2) is 0 Å². The quantitative estimate of drug-likeness (QED) is 0.871. The molecule has 0 fully saturated rings. The Morgan fingerprint density at radius 2 is 2.10 bits per heavy atom. The molecule has 20 heavy (non-hydrogen) atoms. The minimum atomic E-state index is 0.613. The average molecular weight is 337 g/mol. The Morgan fingerprint density at radius 1 is 1.30 bits per heavy atom. The van der Waals surface area contributed by atoms with Gasteiger partial charge >= 0.3 is 0 Å². The molecule has 0 atom stereocenters. The van der Waals surface area contributed by atoms with Crippen molar-refractivity contribution in [3.05, 3.63) is 34.4 Å². The highest BCUT2D eigenvalue weighted by Gasteiger charge is 2.06. The van der Waals surface area contributed by atoms with Gasteiger partial charge in [-0.1, -0.05) is 15.9 Å². The number of halogens is 1. The fourth-order valence-electron chi connectivity index (χ4n) is 1.70. The second-order valence-electron chi connectivity index (χ2n) is 4.26. The third-order valence-corrected chi connectivity index (χ3v) is 3.13. The number of nitrogens with one attached hydrogen (secondary N) is 2. The molecule has 0 aliphatic rings.